The summed E-state index contributed by atoms with van der Waals surface area (Å²) in [4.78, 5) is 15.9. The Balaban J connectivity index is 0.00000441. The molecule has 1 aromatic rings. The average molecular weight is 439 g/mol. The number of aliphatic imine (C=N–C) groups is 1. The molecule has 0 saturated carbocycles. The number of carbonyl (C=O) groups is 1. The lowest BCUT2D eigenvalue weighted by molar-refractivity contribution is -0.128. The predicted molar refractivity (Wildman–Crippen MR) is 103 cm³/mol. The van der Waals surface area contributed by atoms with Crippen molar-refractivity contribution < 1.29 is 4.79 Å². The Labute approximate surface area is 154 Å². The van der Waals surface area contributed by atoms with Crippen molar-refractivity contribution in [1.29, 1.82) is 0 Å². The molecule has 0 fully saturated rings. The van der Waals surface area contributed by atoms with Gasteiger partial charge in [0.05, 0.1) is 5.41 Å². The molecule has 0 unspecified atom stereocenters. The summed E-state index contributed by atoms with van der Waals surface area (Å²) >= 11 is 5.85. The monoisotopic (exact) mass is 438 g/mol. The number of carbonyl (C=O) groups excluding carboxylic acids is 1. The van der Waals surface area contributed by atoms with Crippen molar-refractivity contribution in [2.75, 3.05) is 20.6 Å². The van der Waals surface area contributed by atoms with Gasteiger partial charge >= 0.3 is 0 Å². The van der Waals surface area contributed by atoms with Crippen LogP contribution >= 0.6 is 35.6 Å². The van der Waals surface area contributed by atoms with Crippen molar-refractivity contribution in [3.8, 4) is 0 Å². The molecule has 0 heterocycles. The van der Waals surface area contributed by atoms with Crippen LogP contribution in [0.15, 0.2) is 29.3 Å². The lowest BCUT2D eigenvalue weighted by Gasteiger charge is -2.24. The van der Waals surface area contributed by atoms with Gasteiger partial charge in [-0.3, -0.25) is 9.79 Å². The molecule has 1 aromatic carbocycles. The van der Waals surface area contributed by atoms with E-state index in [1.807, 2.05) is 38.1 Å². The Morgan fingerprint density at radius 3 is 2.32 bits per heavy atom. The highest BCUT2D eigenvalue weighted by molar-refractivity contribution is 14.0. The van der Waals surface area contributed by atoms with Crippen LogP contribution in [0.1, 0.15) is 19.4 Å². The molecule has 0 bridgehead atoms. The third kappa shape index (κ3) is 6.83. The van der Waals surface area contributed by atoms with E-state index in [-0.39, 0.29) is 29.9 Å². The number of nitrogens with one attached hydrogen (secondary N) is 3. The van der Waals surface area contributed by atoms with E-state index >= 15 is 0 Å². The van der Waals surface area contributed by atoms with Gasteiger partial charge in [0.25, 0.3) is 0 Å². The molecule has 5 nitrogen and oxygen atoms in total. The van der Waals surface area contributed by atoms with Crippen molar-refractivity contribution >= 4 is 47.4 Å². The highest BCUT2D eigenvalue weighted by Crippen LogP contribution is 2.13. The molecule has 0 saturated heterocycles. The molecule has 0 aromatic heterocycles. The van der Waals surface area contributed by atoms with E-state index in [1.165, 1.54) is 0 Å². The summed E-state index contributed by atoms with van der Waals surface area (Å²) in [6.45, 7) is 4.89. The highest BCUT2D eigenvalue weighted by Gasteiger charge is 2.26. The number of amides is 1. The van der Waals surface area contributed by atoms with Gasteiger partial charge < -0.3 is 16.0 Å². The fraction of sp³-hybridized carbons (Fsp3) is 0.467. The summed E-state index contributed by atoms with van der Waals surface area (Å²) in [6, 6.07) is 7.61. The van der Waals surface area contributed by atoms with Crippen molar-refractivity contribution in [3.05, 3.63) is 34.9 Å². The van der Waals surface area contributed by atoms with Gasteiger partial charge in [-0.2, -0.15) is 0 Å². The first-order valence-corrected chi connectivity index (χ1v) is 7.18. The number of halogens is 2. The molecular weight excluding hydrogens is 415 g/mol. The minimum atomic E-state index is -0.507. The molecule has 0 atom stereocenters. The molecule has 0 spiro atoms. The van der Waals surface area contributed by atoms with Crippen LogP contribution in [0.25, 0.3) is 0 Å². The molecular formula is C15H24ClIN4O. The maximum absolute atomic E-state index is 11.7. The molecule has 0 aliphatic carbocycles. The smallest absolute Gasteiger partial charge is 0.227 e. The number of rotatable bonds is 5. The van der Waals surface area contributed by atoms with Gasteiger partial charge in [-0.25, -0.2) is 0 Å². The first-order valence-electron chi connectivity index (χ1n) is 6.80. The molecule has 7 heteroatoms. The van der Waals surface area contributed by atoms with Crippen molar-refractivity contribution in [2.24, 2.45) is 10.4 Å². The van der Waals surface area contributed by atoms with Crippen molar-refractivity contribution in [3.63, 3.8) is 0 Å². The molecule has 124 valence electrons. The van der Waals surface area contributed by atoms with Gasteiger partial charge in [-0.1, -0.05) is 23.7 Å². The number of benzene rings is 1. The zero-order chi connectivity index (χ0) is 15.9. The van der Waals surface area contributed by atoms with Crippen LogP contribution in [0.3, 0.4) is 0 Å². The highest BCUT2D eigenvalue weighted by atomic mass is 127. The van der Waals surface area contributed by atoms with E-state index in [0.29, 0.717) is 24.1 Å². The van der Waals surface area contributed by atoms with Crippen LogP contribution in [0.4, 0.5) is 0 Å². The maximum atomic E-state index is 11.7. The van der Waals surface area contributed by atoms with Gasteiger partial charge in [-0.05, 0) is 31.5 Å². The zero-order valence-electron chi connectivity index (χ0n) is 13.4. The number of hydrogen-bond acceptors (Lipinski definition) is 2. The summed E-state index contributed by atoms with van der Waals surface area (Å²) in [5, 5.41) is 9.73. The van der Waals surface area contributed by atoms with Gasteiger partial charge in [0.2, 0.25) is 5.91 Å². The van der Waals surface area contributed by atoms with E-state index in [9.17, 15) is 4.79 Å². The fourth-order valence-corrected chi connectivity index (χ4v) is 1.86. The lowest BCUT2D eigenvalue weighted by Crippen LogP contribution is -2.47. The molecule has 0 aliphatic rings. The second kappa shape index (κ2) is 9.89. The van der Waals surface area contributed by atoms with Crippen LogP contribution in [0.5, 0.6) is 0 Å². The second-order valence-electron chi connectivity index (χ2n) is 5.37. The average Bonchev–Trinajstić information content (AvgIpc) is 2.48. The first-order chi connectivity index (χ1) is 9.89. The van der Waals surface area contributed by atoms with Crippen LogP contribution in [-0.4, -0.2) is 32.5 Å². The third-order valence-electron chi connectivity index (χ3n) is 3.14. The van der Waals surface area contributed by atoms with Crippen LogP contribution < -0.4 is 16.0 Å². The number of nitrogens with zero attached hydrogens (tertiary/aromatic N) is 1. The van der Waals surface area contributed by atoms with Crippen LogP contribution in [0, 0.1) is 5.41 Å². The minimum Gasteiger partial charge on any atom is -0.359 e. The Kier molecular flexibility index (Phi) is 9.43. The normalized spacial score (nSPS) is 11.4. The van der Waals surface area contributed by atoms with E-state index in [2.05, 4.69) is 20.9 Å². The fourth-order valence-electron chi connectivity index (χ4n) is 1.73. The summed E-state index contributed by atoms with van der Waals surface area (Å²) in [7, 11) is 3.34. The summed E-state index contributed by atoms with van der Waals surface area (Å²) in [6.07, 6.45) is 0. The number of hydrogen-bond donors (Lipinski definition) is 3. The maximum Gasteiger partial charge on any atom is 0.227 e. The molecule has 22 heavy (non-hydrogen) atoms. The Bertz CT molecular complexity index is 503. The van der Waals surface area contributed by atoms with Crippen LogP contribution in [0.2, 0.25) is 5.02 Å². The number of guanidine groups is 1. The molecule has 3 N–H and O–H groups in total. The molecule has 0 radical (unpaired) electrons. The van der Waals surface area contributed by atoms with Gasteiger partial charge in [-0.15, -0.1) is 24.0 Å². The third-order valence-corrected chi connectivity index (χ3v) is 3.39. The second-order valence-corrected chi connectivity index (χ2v) is 5.81. The summed E-state index contributed by atoms with van der Waals surface area (Å²) in [5.74, 6) is 0.644. The van der Waals surface area contributed by atoms with E-state index in [1.54, 1.807) is 14.1 Å². The summed E-state index contributed by atoms with van der Waals surface area (Å²) in [5.41, 5.74) is 0.597. The Hall–Kier alpha value is -1.02. The van der Waals surface area contributed by atoms with Crippen molar-refractivity contribution in [1.82, 2.24) is 16.0 Å². The molecule has 1 amide bonds. The van der Waals surface area contributed by atoms with E-state index in [0.717, 1.165) is 5.56 Å². The van der Waals surface area contributed by atoms with Gasteiger partial charge in [0.15, 0.2) is 5.96 Å². The lowest BCUT2D eigenvalue weighted by atomic mass is 9.92. The topological polar surface area (TPSA) is 65.5 Å². The quantitative estimate of drug-likeness (QED) is 0.376. The van der Waals surface area contributed by atoms with Gasteiger partial charge in [0, 0.05) is 32.2 Å². The SMILES string of the molecule is CN=C(NCc1ccc(Cl)cc1)NCC(C)(C)C(=O)NC.I. The van der Waals surface area contributed by atoms with Crippen molar-refractivity contribution in [2.45, 2.75) is 20.4 Å². The molecule has 1 rings (SSSR count). The Morgan fingerprint density at radius 1 is 1.23 bits per heavy atom. The predicted octanol–water partition coefficient (Wildman–Crippen LogP) is 2.40. The molecule has 0 aliphatic heterocycles. The first kappa shape index (κ1) is 21.0. The van der Waals surface area contributed by atoms with E-state index in [4.69, 9.17) is 11.6 Å². The summed E-state index contributed by atoms with van der Waals surface area (Å²) < 4.78 is 0. The standard InChI is InChI=1S/C15H23ClN4O.HI/c1-15(2,13(21)17-3)10-20-14(18-4)19-9-11-5-7-12(16)8-6-11;/h5-8H,9-10H2,1-4H3,(H,17,21)(H2,18,19,20);1H. The largest absolute Gasteiger partial charge is 0.359 e. The van der Waals surface area contributed by atoms with E-state index < -0.39 is 5.41 Å². The van der Waals surface area contributed by atoms with Crippen LogP contribution in [-0.2, 0) is 11.3 Å². The Morgan fingerprint density at radius 2 is 1.82 bits per heavy atom. The van der Waals surface area contributed by atoms with Gasteiger partial charge in [0.1, 0.15) is 0 Å². The minimum absolute atomic E-state index is 0. The zero-order valence-corrected chi connectivity index (χ0v) is 16.5.